The Morgan fingerprint density at radius 1 is 1.09 bits per heavy atom. The van der Waals surface area contributed by atoms with Crippen molar-refractivity contribution in [1.82, 2.24) is 0 Å². The van der Waals surface area contributed by atoms with Crippen LogP contribution in [0.25, 0.3) is 0 Å². The third-order valence-electron chi connectivity index (χ3n) is 1.87. The Hall–Kier alpha value is -0.0400. The molecule has 11 heavy (non-hydrogen) atoms. The molecule has 1 atom stereocenters. The van der Waals surface area contributed by atoms with Crippen LogP contribution >= 0.6 is 0 Å². The topological polar surface area (TPSA) is 20.2 Å². The Balaban J connectivity index is 2.80. The van der Waals surface area contributed by atoms with Gasteiger partial charge in [-0.2, -0.15) is 0 Å². The van der Waals surface area contributed by atoms with Gasteiger partial charge in [0.25, 0.3) is 0 Å². The maximum absolute atomic E-state index is 8.95. The van der Waals surface area contributed by atoms with E-state index in [9.17, 15) is 0 Å². The van der Waals surface area contributed by atoms with Gasteiger partial charge in [-0.05, 0) is 13.3 Å². The van der Waals surface area contributed by atoms with Crippen molar-refractivity contribution in [2.45, 2.75) is 58.0 Å². The van der Waals surface area contributed by atoms with Gasteiger partial charge in [0.2, 0.25) is 0 Å². The predicted molar refractivity (Wildman–Crippen MR) is 49.4 cm³/mol. The Labute approximate surface area is 70.8 Å². The summed E-state index contributed by atoms with van der Waals surface area (Å²) in [5.41, 5.74) is 0. The fourth-order valence-electron chi connectivity index (χ4n) is 1.15. The quantitative estimate of drug-likeness (QED) is 0.563. The lowest BCUT2D eigenvalue weighted by Gasteiger charge is -2.02. The molecule has 1 heteroatoms. The first-order valence-electron chi connectivity index (χ1n) is 4.74. The maximum atomic E-state index is 8.95. The molecule has 0 aliphatic rings. The van der Waals surface area contributed by atoms with Crippen molar-refractivity contribution in [3.8, 4) is 0 Å². The molecule has 0 fully saturated rings. The first kappa shape index (κ1) is 11.0. The van der Waals surface area contributed by atoms with E-state index in [0.717, 1.165) is 12.8 Å². The van der Waals surface area contributed by atoms with E-state index in [-0.39, 0.29) is 6.10 Å². The minimum atomic E-state index is -0.108. The fraction of sp³-hybridized carbons (Fsp3) is 0.900. The zero-order valence-corrected chi connectivity index (χ0v) is 7.68. The molecule has 1 nitrogen and oxygen atoms in total. The molecule has 0 spiro atoms. The third kappa shape index (κ3) is 9.96. The zero-order valence-electron chi connectivity index (χ0n) is 7.68. The molecule has 0 aromatic rings. The molecule has 1 N–H and O–H groups in total. The molecule has 0 saturated heterocycles. The Kier molecular flexibility index (Phi) is 8.03. The number of rotatable bonds is 7. The highest BCUT2D eigenvalue weighted by molar-refractivity contribution is 4.49. The SMILES string of the molecule is [CH2]CCCCCCCC(C)O. The van der Waals surface area contributed by atoms with Gasteiger partial charge in [0.1, 0.15) is 0 Å². The van der Waals surface area contributed by atoms with E-state index in [1.165, 1.54) is 32.1 Å². The van der Waals surface area contributed by atoms with Gasteiger partial charge in [0, 0.05) is 0 Å². The van der Waals surface area contributed by atoms with Crippen molar-refractivity contribution in [1.29, 1.82) is 0 Å². The van der Waals surface area contributed by atoms with Crippen molar-refractivity contribution in [3.63, 3.8) is 0 Å². The molecule has 0 aliphatic carbocycles. The third-order valence-corrected chi connectivity index (χ3v) is 1.87. The van der Waals surface area contributed by atoms with Crippen LogP contribution in [0.1, 0.15) is 51.9 Å². The summed E-state index contributed by atoms with van der Waals surface area (Å²) in [6.45, 7) is 5.65. The molecule has 0 amide bonds. The molecule has 0 aromatic heterocycles. The number of aliphatic hydroxyl groups is 1. The van der Waals surface area contributed by atoms with Gasteiger partial charge < -0.3 is 5.11 Å². The number of hydrogen-bond acceptors (Lipinski definition) is 1. The first-order chi connectivity index (χ1) is 5.27. The number of aliphatic hydroxyl groups excluding tert-OH is 1. The number of hydrogen-bond donors (Lipinski definition) is 1. The zero-order chi connectivity index (χ0) is 8.53. The Morgan fingerprint density at radius 3 is 2.18 bits per heavy atom. The van der Waals surface area contributed by atoms with E-state index in [4.69, 9.17) is 5.11 Å². The summed E-state index contributed by atoms with van der Waals surface area (Å²) in [6, 6.07) is 0. The molecule has 1 radical (unpaired) electrons. The molecule has 0 aliphatic heterocycles. The monoisotopic (exact) mass is 157 g/mol. The van der Waals surface area contributed by atoms with E-state index in [1.54, 1.807) is 0 Å². The van der Waals surface area contributed by atoms with Crippen molar-refractivity contribution in [3.05, 3.63) is 6.92 Å². The van der Waals surface area contributed by atoms with Crippen LogP contribution in [-0.4, -0.2) is 11.2 Å². The van der Waals surface area contributed by atoms with Crippen LogP contribution in [0, 0.1) is 6.92 Å². The van der Waals surface area contributed by atoms with E-state index in [2.05, 4.69) is 6.92 Å². The van der Waals surface area contributed by atoms with Gasteiger partial charge in [0.15, 0.2) is 0 Å². The summed E-state index contributed by atoms with van der Waals surface area (Å²) in [5, 5.41) is 8.95. The summed E-state index contributed by atoms with van der Waals surface area (Å²) in [7, 11) is 0. The van der Waals surface area contributed by atoms with Crippen molar-refractivity contribution in [2.24, 2.45) is 0 Å². The minimum absolute atomic E-state index is 0.108. The van der Waals surface area contributed by atoms with Crippen molar-refractivity contribution in [2.75, 3.05) is 0 Å². The fourth-order valence-corrected chi connectivity index (χ4v) is 1.15. The number of unbranched alkanes of at least 4 members (excludes halogenated alkanes) is 5. The second-order valence-electron chi connectivity index (χ2n) is 3.26. The second-order valence-corrected chi connectivity index (χ2v) is 3.26. The predicted octanol–water partition coefficient (Wildman–Crippen LogP) is 2.93. The molecule has 0 heterocycles. The van der Waals surface area contributed by atoms with E-state index >= 15 is 0 Å². The molecule has 0 rings (SSSR count). The summed E-state index contributed by atoms with van der Waals surface area (Å²) < 4.78 is 0. The van der Waals surface area contributed by atoms with Crippen molar-refractivity contribution < 1.29 is 5.11 Å². The second kappa shape index (κ2) is 8.06. The van der Waals surface area contributed by atoms with Crippen LogP contribution in [0.15, 0.2) is 0 Å². The molecular formula is C10H21O. The molecule has 67 valence electrons. The van der Waals surface area contributed by atoms with Gasteiger partial charge in [-0.15, -0.1) is 0 Å². The molecular weight excluding hydrogens is 136 g/mol. The van der Waals surface area contributed by atoms with Crippen LogP contribution in [-0.2, 0) is 0 Å². The van der Waals surface area contributed by atoms with Crippen LogP contribution in [0.3, 0.4) is 0 Å². The van der Waals surface area contributed by atoms with Gasteiger partial charge >= 0.3 is 0 Å². The average molecular weight is 157 g/mol. The molecule has 0 aromatic carbocycles. The Morgan fingerprint density at radius 2 is 1.64 bits per heavy atom. The van der Waals surface area contributed by atoms with Gasteiger partial charge in [-0.1, -0.05) is 45.4 Å². The Bertz CT molecular complexity index is 69.3. The summed E-state index contributed by atoms with van der Waals surface area (Å²) in [4.78, 5) is 0. The lowest BCUT2D eigenvalue weighted by atomic mass is 10.1. The lowest BCUT2D eigenvalue weighted by Crippen LogP contribution is -1.98. The molecule has 0 bridgehead atoms. The van der Waals surface area contributed by atoms with Crippen LogP contribution in [0.2, 0.25) is 0 Å². The van der Waals surface area contributed by atoms with Crippen LogP contribution < -0.4 is 0 Å². The van der Waals surface area contributed by atoms with E-state index in [1.807, 2.05) is 6.92 Å². The average Bonchev–Trinajstić information content (AvgIpc) is 1.96. The summed E-state index contributed by atoms with van der Waals surface area (Å²) in [6.07, 6.45) is 8.24. The van der Waals surface area contributed by atoms with Crippen LogP contribution in [0.5, 0.6) is 0 Å². The van der Waals surface area contributed by atoms with E-state index < -0.39 is 0 Å². The maximum Gasteiger partial charge on any atom is 0.0512 e. The highest BCUT2D eigenvalue weighted by Crippen LogP contribution is 2.07. The van der Waals surface area contributed by atoms with Gasteiger partial charge in [-0.25, -0.2) is 0 Å². The minimum Gasteiger partial charge on any atom is -0.393 e. The summed E-state index contributed by atoms with van der Waals surface area (Å²) in [5.74, 6) is 0. The van der Waals surface area contributed by atoms with Crippen molar-refractivity contribution >= 4 is 0 Å². The van der Waals surface area contributed by atoms with Gasteiger partial charge in [-0.3, -0.25) is 0 Å². The smallest absolute Gasteiger partial charge is 0.0512 e. The highest BCUT2D eigenvalue weighted by Gasteiger charge is 1.94. The van der Waals surface area contributed by atoms with E-state index in [0.29, 0.717) is 0 Å². The lowest BCUT2D eigenvalue weighted by molar-refractivity contribution is 0.180. The normalized spacial score (nSPS) is 13.4. The van der Waals surface area contributed by atoms with Gasteiger partial charge in [0.05, 0.1) is 6.10 Å². The summed E-state index contributed by atoms with van der Waals surface area (Å²) >= 11 is 0. The largest absolute Gasteiger partial charge is 0.393 e. The highest BCUT2D eigenvalue weighted by atomic mass is 16.3. The molecule has 1 unspecified atom stereocenters. The standard InChI is InChI=1S/C10H21O/c1-3-4-5-6-7-8-9-10(2)11/h10-11H,1,3-9H2,2H3. The molecule has 0 saturated carbocycles. The first-order valence-corrected chi connectivity index (χ1v) is 4.74. The van der Waals surface area contributed by atoms with Crippen LogP contribution in [0.4, 0.5) is 0 Å².